The van der Waals surface area contributed by atoms with Crippen LogP contribution in [0.3, 0.4) is 0 Å². The first-order valence-electron chi connectivity index (χ1n) is 16.8. The van der Waals surface area contributed by atoms with Gasteiger partial charge in [0.2, 0.25) is 0 Å². The van der Waals surface area contributed by atoms with Crippen LogP contribution in [-0.4, -0.2) is 8.07 Å². The highest BCUT2D eigenvalue weighted by atomic mass is 28.3. The molecule has 4 nitrogen and oxygen atoms in total. The van der Waals surface area contributed by atoms with Gasteiger partial charge in [-0.25, -0.2) is 0 Å². The highest BCUT2D eigenvalue weighted by Crippen LogP contribution is 2.47. The van der Waals surface area contributed by atoms with E-state index in [0.717, 1.165) is 50.3 Å². The minimum absolute atomic E-state index is 0.615. The quantitative estimate of drug-likeness (QED) is 0.126. The van der Waals surface area contributed by atoms with Gasteiger partial charge in [0.1, 0.15) is 0 Å². The van der Waals surface area contributed by atoms with Crippen LogP contribution in [0, 0.1) is 22.7 Å². The van der Waals surface area contributed by atoms with Gasteiger partial charge in [-0.2, -0.15) is 10.5 Å². The SMILES string of the molecule is C[Si](C)(C)c1cccc(N(c2cccc(C#N)c2)c2ccc3ccc4c(N(c5ccccc5)c5cccc(C#N)c5)ccc5ccc2c3c54)c1. The van der Waals surface area contributed by atoms with Crippen molar-refractivity contribution in [2.24, 2.45) is 0 Å². The maximum absolute atomic E-state index is 9.87. The second-order valence-corrected chi connectivity index (χ2v) is 18.8. The van der Waals surface area contributed by atoms with E-state index in [4.69, 9.17) is 0 Å². The number of rotatable bonds is 7. The van der Waals surface area contributed by atoms with Crippen molar-refractivity contribution < 1.29 is 0 Å². The van der Waals surface area contributed by atoms with Gasteiger partial charge in [-0.05, 0) is 94.3 Å². The zero-order valence-electron chi connectivity index (χ0n) is 28.2. The Morgan fingerprint density at radius 3 is 1.38 bits per heavy atom. The van der Waals surface area contributed by atoms with Gasteiger partial charge in [-0.3, -0.25) is 0 Å². The van der Waals surface area contributed by atoms with Crippen LogP contribution in [0.2, 0.25) is 19.6 Å². The molecule has 0 radical (unpaired) electrons. The molecule has 8 aromatic rings. The van der Waals surface area contributed by atoms with E-state index in [0.29, 0.717) is 11.1 Å². The summed E-state index contributed by atoms with van der Waals surface area (Å²) in [6.07, 6.45) is 0. The lowest BCUT2D eigenvalue weighted by Crippen LogP contribution is -2.37. The minimum atomic E-state index is -1.62. The summed E-state index contributed by atoms with van der Waals surface area (Å²) in [5.41, 5.74) is 7.30. The Bertz CT molecular complexity index is 2630. The summed E-state index contributed by atoms with van der Waals surface area (Å²) in [4.78, 5) is 4.55. The van der Waals surface area contributed by atoms with E-state index in [1.807, 2.05) is 54.6 Å². The molecule has 50 heavy (non-hydrogen) atoms. The van der Waals surface area contributed by atoms with Crippen LogP contribution in [0.4, 0.5) is 34.1 Å². The van der Waals surface area contributed by atoms with Crippen LogP contribution in [-0.2, 0) is 0 Å². The molecule has 0 spiro atoms. The third-order valence-corrected chi connectivity index (χ3v) is 11.6. The molecule has 0 saturated carbocycles. The van der Waals surface area contributed by atoms with Gasteiger partial charge in [0, 0.05) is 33.5 Å². The fourth-order valence-electron chi connectivity index (χ4n) is 7.13. The Hall–Kier alpha value is -6.40. The lowest BCUT2D eigenvalue weighted by molar-refractivity contribution is 1.29. The molecule has 5 heteroatoms. The van der Waals surface area contributed by atoms with Crippen molar-refractivity contribution >= 4 is 79.7 Å². The molecule has 8 aromatic carbocycles. The zero-order valence-corrected chi connectivity index (χ0v) is 29.2. The number of anilines is 6. The molecule has 0 aliphatic carbocycles. The van der Waals surface area contributed by atoms with Gasteiger partial charge in [-0.1, -0.05) is 104 Å². The topological polar surface area (TPSA) is 54.1 Å². The summed E-state index contributed by atoms with van der Waals surface area (Å²) < 4.78 is 0. The van der Waals surface area contributed by atoms with Crippen LogP contribution < -0.4 is 15.0 Å². The molecule has 0 aliphatic rings. The van der Waals surface area contributed by atoms with Crippen LogP contribution >= 0.6 is 0 Å². The molecular weight excluding hydrogens is 625 g/mol. The number of hydrogen-bond donors (Lipinski definition) is 0. The molecule has 238 valence electrons. The van der Waals surface area contributed by atoms with E-state index in [-0.39, 0.29) is 0 Å². The van der Waals surface area contributed by atoms with E-state index in [1.165, 1.54) is 21.3 Å². The van der Waals surface area contributed by atoms with Crippen LogP contribution in [0.25, 0.3) is 32.3 Å². The summed E-state index contributed by atoms with van der Waals surface area (Å²) in [7, 11) is -1.62. The highest BCUT2D eigenvalue weighted by Gasteiger charge is 2.23. The molecule has 0 atom stereocenters. The first-order valence-corrected chi connectivity index (χ1v) is 20.3. The van der Waals surface area contributed by atoms with Gasteiger partial charge < -0.3 is 9.80 Å². The van der Waals surface area contributed by atoms with Crippen LogP contribution in [0.5, 0.6) is 0 Å². The lowest BCUT2D eigenvalue weighted by Gasteiger charge is -2.30. The molecule has 0 fully saturated rings. The van der Waals surface area contributed by atoms with E-state index in [1.54, 1.807) is 0 Å². The zero-order chi connectivity index (χ0) is 34.4. The Labute approximate surface area is 293 Å². The summed E-state index contributed by atoms with van der Waals surface area (Å²) in [6, 6.07) is 57.3. The average molecular weight is 659 g/mol. The number of nitriles is 2. The van der Waals surface area contributed by atoms with Crippen LogP contribution in [0.15, 0.2) is 152 Å². The Morgan fingerprint density at radius 2 is 0.880 bits per heavy atom. The number of para-hydroxylation sites is 1. The molecule has 0 amide bonds. The Balaban J connectivity index is 1.41. The molecule has 0 heterocycles. The molecular formula is C45H34N4Si. The predicted octanol–water partition coefficient (Wildman–Crippen LogP) is 11.8. The van der Waals surface area contributed by atoms with E-state index in [9.17, 15) is 10.5 Å². The standard InChI is InChI=1S/C45H34N4Si/c1-50(2,3)39-17-9-16-38(28-39)49(37-15-8-11-32(27-37)30-47)43-25-21-34-18-22-40-42(24-20-33-19-23-41(43)45(34)44(33)40)48(35-12-5-4-6-13-35)36-14-7-10-31(26-36)29-46/h4-28H,1-3H3. The van der Waals surface area contributed by atoms with Crippen LogP contribution in [0.1, 0.15) is 11.1 Å². The third kappa shape index (κ3) is 5.31. The van der Waals surface area contributed by atoms with Gasteiger partial charge in [0.05, 0.1) is 42.7 Å². The van der Waals surface area contributed by atoms with Crippen molar-refractivity contribution in [1.82, 2.24) is 0 Å². The Morgan fingerprint density at radius 1 is 0.440 bits per heavy atom. The first kappa shape index (κ1) is 30.9. The van der Waals surface area contributed by atoms with E-state index >= 15 is 0 Å². The molecule has 0 aliphatic heterocycles. The van der Waals surface area contributed by atoms with Gasteiger partial charge in [-0.15, -0.1) is 0 Å². The molecule has 0 saturated heterocycles. The van der Waals surface area contributed by atoms with Crippen molar-refractivity contribution in [2.45, 2.75) is 19.6 Å². The minimum Gasteiger partial charge on any atom is -0.310 e. The molecule has 0 unspecified atom stereocenters. The Kier molecular flexibility index (Phi) is 7.56. The number of benzene rings is 8. The smallest absolute Gasteiger partial charge is 0.0992 e. The average Bonchev–Trinajstić information content (AvgIpc) is 3.15. The lowest BCUT2D eigenvalue weighted by atomic mass is 9.91. The first-order chi connectivity index (χ1) is 24.3. The second-order valence-electron chi connectivity index (χ2n) is 13.7. The monoisotopic (exact) mass is 658 g/mol. The number of nitrogens with zero attached hydrogens (tertiary/aromatic N) is 4. The van der Waals surface area contributed by atoms with E-state index in [2.05, 4.69) is 139 Å². The normalized spacial score (nSPS) is 11.5. The predicted molar refractivity (Wildman–Crippen MR) is 212 cm³/mol. The largest absolute Gasteiger partial charge is 0.310 e. The third-order valence-electron chi connectivity index (χ3n) is 9.55. The summed E-state index contributed by atoms with van der Waals surface area (Å²) in [5, 5.41) is 28.0. The van der Waals surface area contributed by atoms with Crippen molar-refractivity contribution in [3.8, 4) is 12.1 Å². The van der Waals surface area contributed by atoms with Gasteiger partial charge in [0.15, 0.2) is 0 Å². The van der Waals surface area contributed by atoms with Crippen molar-refractivity contribution in [3.05, 3.63) is 163 Å². The fraction of sp³-hybridized carbons (Fsp3) is 0.0667. The molecule has 0 aromatic heterocycles. The molecule has 0 bridgehead atoms. The molecule has 0 N–H and O–H groups in total. The summed E-state index contributed by atoms with van der Waals surface area (Å²) in [5.74, 6) is 0. The second kappa shape index (κ2) is 12.2. The van der Waals surface area contributed by atoms with Crippen molar-refractivity contribution in [2.75, 3.05) is 9.80 Å². The highest BCUT2D eigenvalue weighted by molar-refractivity contribution is 6.88. The van der Waals surface area contributed by atoms with Gasteiger partial charge >= 0.3 is 0 Å². The number of hydrogen-bond acceptors (Lipinski definition) is 4. The maximum Gasteiger partial charge on any atom is 0.0992 e. The fourth-order valence-corrected chi connectivity index (χ4v) is 8.31. The maximum atomic E-state index is 9.87. The van der Waals surface area contributed by atoms with Gasteiger partial charge in [0.25, 0.3) is 0 Å². The van der Waals surface area contributed by atoms with Crippen molar-refractivity contribution in [1.29, 1.82) is 10.5 Å². The summed E-state index contributed by atoms with van der Waals surface area (Å²) in [6.45, 7) is 7.11. The summed E-state index contributed by atoms with van der Waals surface area (Å²) >= 11 is 0. The molecule has 8 rings (SSSR count). The van der Waals surface area contributed by atoms with E-state index < -0.39 is 8.07 Å². The van der Waals surface area contributed by atoms with Crippen molar-refractivity contribution in [3.63, 3.8) is 0 Å².